The van der Waals surface area contributed by atoms with Crippen LogP contribution in [0.2, 0.25) is 0 Å². The number of imidazole rings is 3. The zero-order valence-corrected chi connectivity index (χ0v) is 43.3. The minimum atomic E-state index is 0. The summed E-state index contributed by atoms with van der Waals surface area (Å²) in [5.74, 6) is 1.74. The first-order valence-electron chi connectivity index (χ1n) is 24.9. The number of pyridine rings is 1. The van der Waals surface area contributed by atoms with Crippen LogP contribution in [0.1, 0.15) is 26.3 Å². The summed E-state index contributed by atoms with van der Waals surface area (Å²) >= 11 is 0. The van der Waals surface area contributed by atoms with Crippen molar-refractivity contribution in [2.24, 2.45) is 0 Å². The average Bonchev–Trinajstić information content (AvgIpc) is 4.33. The molecule has 9 aromatic carbocycles. The summed E-state index contributed by atoms with van der Waals surface area (Å²) in [6, 6.07) is 76.9. The van der Waals surface area contributed by atoms with E-state index >= 15 is 0 Å². The van der Waals surface area contributed by atoms with E-state index in [-0.39, 0.29) is 26.5 Å². The van der Waals surface area contributed by atoms with Gasteiger partial charge >= 0.3 is 0 Å². The first-order chi connectivity index (χ1) is 36.3. The van der Waals surface area contributed by atoms with Gasteiger partial charge in [-0.15, -0.1) is 24.3 Å². The molecular weight excluding hydrogens is 1100 g/mol. The monoisotopic (exact) mass is 1150 g/mol. The third-order valence-corrected chi connectivity index (χ3v) is 14.6. The maximum Gasteiger partial charge on any atom is 0.268 e. The van der Waals surface area contributed by atoms with Gasteiger partial charge in [0.15, 0.2) is 5.78 Å². The molecule has 362 valence electrons. The van der Waals surface area contributed by atoms with E-state index in [1.165, 1.54) is 27.2 Å². The van der Waals surface area contributed by atoms with Crippen LogP contribution in [-0.4, -0.2) is 33.1 Å². The van der Waals surface area contributed by atoms with Crippen LogP contribution in [0.4, 0.5) is 0 Å². The van der Waals surface area contributed by atoms with Gasteiger partial charge in [0, 0.05) is 60.2 Å². The van der Waals surface area contributed by atoms with E-state index in [1.54, 1.807) is 0 Å². The Bertz CT molecular complexity index is 4910. The molecule has 16 rings (SSSR count). The maximum absolute atomic E-state index is 6.08. The summed E-state index contributed by atoms with van der Waals surface area (Å²) in [7, 11) is 0. The molecule has 16 aromatic rings. The van der Waals surface area contributed by atoms with Crippen LogP contribution in [0.3, 0.4) is 0 Å². The second kappa shape index (κ2) is 17.0. The van der Waals surface area contributed by atoms with E-state index in [2.05, 4.69) is 231 Å². The molecule has 0 amide bonds. The Morgan fingerprint density at radius 3 is 2.07 bits per heavy atom. The predicted octanol–water partition coefficient (Wildman–Crippen LogP) is 15.1. The number of hydrogen-bond acceptors (Lipinski definition) is 3. The molecule has 0 saturated heterocycles. The summed E-state index contributed by atoms with van der Waals surface area (Å²) in [6.07, 6.45) is 5.61. The Morgan fingerprint density at radius 1 is 0.573 bits per heavy atom. The number of rotatable bonds is 4. The molecule has 9 nitrogen and oxygen atoms in total. The number of hydrogen-bond donors (Lipinski definition) is 1. The van der Waals surface area contributed by atoms with Gasteiger partial charge in [0.1, 0.15) is 11.4 Å². The third kappa shape index (κ3) is 6.92. The summed E-state index contributed by atoms with van der Waals surface area (Å²) in [6.45, 7) is 6.69. The molecule has 1 N–H and O–H groups in total. The van der Waals surface area contributed by atoms with Gasteiger partial charge in [-0.1, -0.05) is 158 Å². The number of nitrogens with one attached hydrogen (secondary N) is 1. The van der Waals surface area contributed by atoms with Gasteiger partial charge in [-0.25, -0.2) is 9.97 Å². The Morgan fingerprint density at radius 2 is 1.25 bits per heavy atom. The van der Waals surface area contributed by atoms with Crippen LogP contribution < -0.4 is 4.57 Å². The number of benzene rings is 9. The maximum atomic E-state index is 6.08. The van der Waals surface area contributed by atoms with E-state index in [1.807, 2.05) is 42.6 Å². The number of nitrogens with zero attached hydrogens (tertiary/aromatic N) is 7. The number of furan rings is 1. The topological polar surface area (TPSA) is 77.8 Å². The number of aromatic nitrogens is 8. The SMILES string of the molecule is CC(C)(C)c1ccnc(-n2c3[c-]c4[nH]c5nc6ccccc6n5c4cc3c3ccccc32)c1.[Pt].[c-]1cc2oc3ccccc3c2cc1-n1[c-][n+](-c2cccc3c4ccccc4n(-c4ccccc4)c23)c2ccccc21. The second-order valence-electron chi connectivity index (χ2n) is 20.0. The average molecular weight is 1150 g/mol. The molecule has 7 aromatic heterocycles. The first-order valence-corrected chi connectivity index (χ1v) is 24.9. The fourth-order valence-electron chi connectivity index (χ4n) is 11.1. The van der Waals surface area contributed by atoms with E-state index in [0.29, 0.717) is 0 Å². The van der Waals surface area contributed by atoms with Crippen LogP contribution in [0.15, 0.2) is 211 Å². The minimum Gasteiger partial charge on any atom is -0.516 e. The number of fused-ring (bicyclic) bond motifs is 15. The molecule has 0 spiro atoms. The summed E-state index contributed by atoms with van der Waals surface area (Å²) < 4.78 is 17.1. The van der Waals surface area contributed by atoms with E-state index in [4.69, 9.17) is 14.4 Å². The molecule has 0 fully saturated rings. The van der Waals surface area contributed by atoms with Gasteiger partial charge in [-0.3, -0.25) is 4.57 Å². The van der Waals surface area contributed by atoms with Crippen molar-refractivity contribution in [1.29, 1.82) is 0 Å². The van der Waals surface area contributed by atoms with Crippen LogP contribution in [0.25, 0.3) is 127 Å². The summed E-state index contributed by atoms with van der Waals surface area (Å²) in [4.78, 5) is 13.0. The Kier molecular flexibility index (Phi) is 10.1. The molecule has 7 heterocycles. The quantitative estimate of drug-likeness (QED) is 0.141. The van der Waals surface area contributed by atoms with E-state index in [0.717, 1.165) is 106 Å². The van der Waals surface area contributed by atoms with E-state index < -0.39 is 0 Å². The van der Waals surface area contributed by atoms with Crippen molar-refractivity contribution < 1.29 is 30.0 Å². The van der Waals surface area contributed by atoms with Crippen molar-refractivity contribution in [3.05, 3.63) is 230 Å². The smallest absolute Gasteiger partial charge is 0.268 e. The van der Waals surface area contributed by atoms with Crippen molar-refractivity contribution in [2.75, 3.05) is 0 Å². The zero-order chi connectivity index (χ0) is 49.2. The number of para-hydroxylation sites is 9. The molecule has 0 aliphatic carbocycles. The molecule has 0 aliphatic heterocycles. The van der Waals surface area contributed by atoms with Gasteiger partial charge in [0.25, 0.3) is 6.33 Å². The fourth-order valence-corrected chi connectivity index (χ4v) is 11.1. The minimum absolute atomic E-state index is 0. The third-order valence-electron chi connectivity index (χ3n) is 14.6. The van der Waals surface area contributed by atoms with Gasteiger partial charge in [-0.2, -0.15) is 6.07 Å². The van der Waals surface area contributed by atoms with Gasteiger partial charge < -0.3 is 27.5 Å². The Labute approximate surface area is 444 Å². The molecule has 0 saturated carbocycles. The van der Waals surface area contributed by atoms with Crippen molar-refractivity contribution in [2.45, 2.75) is 26.2 Å². The van der Waals surface area contributed by atoms with Crippen molar-refractivity contribution in [3.8, 4) is 22.9 Å². The number of H-pyrrole nitrogens is 1. The van der Waals surface area contributed by atoms with Gasteiger partial charge in [0.2, 0.25) is 0 Å². The molecule has 0 bridgehead atoms. The standard InChI is InChI=1S/C37H22N3O.C28H22N5.Pt/c1-2-11-25(12-3-1)40-31-16-6-4-13-27(31)29-15-10-19-34(37(29)40)39-24-38(32-17-7-8-18-33(32)39)26-21-22-36-30(23-26)28-14-5-9-20-35(28)41-36;1-28(2,3)17-12-13-29-26(14-17)32-22-10-6-4-8-18(22)19-15-25-21(16-24(19)32)31-27-30-20-9-5-7-11-23(20)33(25)27;/h1-20,22-23H;4-15H,1-3H3,(H,30,31);/q2*-1;. The largest absolute Gasteiger partial charge is 0.516 e. The summed E-state index contributed by atoms with van der Waals surface area (Å²) in [5.41, 5.74) is 16.8. The Hall–Kier alpha value is -9.04. The van der Waals surface area contributed by atoms with E-state index in [9.17, 15) is 0 Å². The molecule has 0 unspecified atom stereocenters. The Balaban J connectivity index is 0.000000139. The van der Waals surface area contributed by atoms with Gasteiger partial charge in [0.05, 0.1) is 38.8 Å². The summed E-state index contributed by atoms with van der Waals surface area (Å²) in [5, 5.41) is 6.94. The van der Waals surface area contributed by atoms with Gasteiger partial charge in [-0.05, 0) is 93.7 Å². The second-order valence-corrected chi connectivity index (χ2v) is 20.0. The molecule has 0 aliphatic rings. The number of aromatic amines is 1. The van der Waals surface area contributed by atoms with Crippen LogP contribution >= 0.6 is 0 Å². The predicted molar refractivity (Wildman–Crippen MR) is 298 cm³/mol. The van der Waals surface area contributed by atoms with Crippen molar-refractivity contribution >= 4 is 104 Å². The molecule has 10 heteroatoms. The zero-order valence-electron chi connectivity index (χ0n) is 41.0. The van der Waals surface area contributed by atoms with Crippen LogP contribution in [-0.2, 0) is 26.5 Å². The van der Waals surface area contributed by atoms with Crippen molar-refractivity contribution in [1.82, 2.24) is 33.1 Å². The normalized spacial score (nSPS) is 12.1. The molecule has 0 radical (unpaired) electrons. The fraction of sp³-hybridized carbons (Fsp3) is 0.0615. The first kappa shape index (κ1) is 44.6. The molecule has 0 atom stereocenters. The van der Waals surface area contributed by atoms with Crippen molar-refractivity contribution in [3.63, 3.8) is 0 Å². The van der Waals surface area contributed by atoms with Crippen LogP contribution in [0, 0.1) is 18.5 Å². The molecule has 75 heavy (non-hydrogen) atoms. The van der Waals surface area contributed by atoms with Crippen LogP contribution in [0.5, 0.6) is 0 Å². The molecular formula is C65H44N8OPt-2.